The van der Waals surface area contributed by atoms with Gasteiger partial charge < -0.3 is 19.9 Å². The number of nitrogens with one attached hydrogen (secondary N) is 1. The van der Waals surface area contributed by atoms with E-state index in [0.29, 0.717) is 13.0 Å². The molecule has 0 bridgehead atoms. The SMILES string of the molecule is O=CC1(OCCN2CCCCC2)CC(c2ccccc2)=CC=C1NCCCN1CCCCC1. The lowest BCUT2D eigenvalue weighted by Crippen LogP contribution is -2.46. The zero-order valence-electron chi connectivity index (χ0n) is 20.1. The molecular weight excluding hydrogens is 410 g/mol. The fraction of sp³-hybridized carbons (Fsp3) is 0.607. The highest BCUT2D eigenvalue weighted by Gasteiger charge is 2.38. The molecule has 4 rings (SSSR count). The fourth-order valence-electron chi connectivity index (χ4n) is 5.34. The smallest absolute Gasteiger partial charge is 0.166 e. The summed E-state index contributed by atoms with van der Waals surface area (Å²) in [5.74, 6) is 0. The third-order valence-electron chi connectivity index (χ3n) is 7.33. The first-order chi connectivity index (χ1) is 16.3. The first-order valence-electron chi connectivity index (χ1n) is 13.0. The topological polar surface area (TPSA) is 44.8 Å². The zero-order valence-corrected chi connectivity index (χ0v) is 20.1. The Labute approximate surface area is 199 Å². The number of ether oxygens (including phenoxy) is 1. The van der Waals surface area contributed by atoms with Crippen molar-refractivity contribution in [2.45, 2.75) is 57.0 Å². The summed E-state index contributed by atoms with van der Waals surface area (Å²) in [6, 6.07) is 10.3. The lowest BCUT2D eigenvalue weighted by molar-refractivity contribution is -0.127. The summed E-state index contributed by atoms with van der Waals surface area (Å²) < 4.78 is 6.44. The Hall–Kier alpha value is -1.95. The Balaban J connectivity index is 1.40. The third-order valence-corrected chi connectivity index (χ3v) is 7.33. The Bertz CT molecular complexity index is 795. The average Bonchev–Trinajstić information content (AvgIpc) is 2.89. The van der Waals surface area contributed by atoms with E-state index in [1.165, 1.54) is 51.6 Å². The minimum Gasteiger partial charge on any atom is -0.386 e. The number of carbonyl (C=O) groups excluding carboxylic acids is 1. The minimum atomic E-state index is -0.930. The molecule has 5 nitrogen and oxygen atoms in total. The van der Waals surface area contributed by atoms with Gasteiger partial charge in [0.25, 0.3) is 0 Å². The maximum atomic E-state index is 12.6. The highest BCUT2D eigenvalue weighted by Crippen LogP contribution is 2.35. The number of likely N-dealkylation sites (tertiary alicyclic amines) is 2. The summed E-state index contributed by atoms with van der Waals surface area (Å²) in [7, 11) is 0. The molecule has 180 valence electrons. The quantitative estimate of drug-likeness (QED) is 0.402. The Morgan fingerprint density at radius 2 is 1.55 bits per heavy atom. The summed E-state index contributed by atoms with van der Waals surface area (Å²) in [6.45, 7) is 8.19. The predicted octanol–water partition coefficient (Wildman–Crippen LogP) is 4.26. The predicted molar refractivity (Wildman–Crippen MR) is 135 cm³/mol. The van der Waals surface area contributed by atoms with Crippen LogP contribution in [0.25, 0.3) is 5.57 Å². The minimum absolute atomic E-state index is 0.575. The van der Waals surface area contributed by atoms with Crippen LogP contribution >= 0.6 is 0 Å². The summed E-state index contributed by atoms with van der Waals surface area (Å²) in [4.78, 5) is 17.6. The molecule has 1 aromatic rings. The van der Waals surface area contributed by atoms with Gasteiger partial charge in [0.05, 0.1) is 12.3 Å². The van der Waals surface area contributed by atoms with Crippen molar-refractivity contribution in [2.24, 2.45) is 0 Å². The number of hydrogen-bond donors (Lipinski definition) is 1. The summed E-state index contributed by atoms with van der Waals surface area (Å²) in [5, 5.41) is 3.58. The molecule has 5 heteroatoms. The van der Waals surface area contributed by atoms with Crippen LogP contribution in [0.15, 0.2) is 48.2 Å². The number of carbonyl (C=O) groups is 1. The first-order valence-corrected chi connectivity index (χ1v) is 13.0. The molecule has 2 saturated heterocycles. The van der Waals surface area contributed by atoms with Crippen molar-refractivity contribution in [2.75, 3.05) is 52.4 Å². The molecular formula is C28H41N3O2. The Morgan fingerprint density at radius 3 is 2.21 bits per heavy atom. The molecule has 0 spiro atoms. The number of hydrogen-bond acceptors (Lipinski definition) is 5. The third kappa shape index (κ3) is 6.78. The van der Waals surface area contributed by atoms with Gasteiger partial charge in [-0.15, -0.1) is 0 Å². The van der Waals surface area contributed by atoms with Crippen LogP contribution in [0.2, 0.25) is 0 Å². The second-order valence-electron chi connectivity index (χ2n) is 9.76. The number of rotatable bonds is 11. The van der Waals surface area contributed by atoms with Crippen molar-refractivity contribution in [3.05, 3.63) is 53.7 Å². The maximum absolute atomic E-state index is 12.6. The number of piperidine rings is 2. The van der Waals surface area contributed by atoms with Crippen LogP contribution in [-0.2, 0) is 9.53 Å². The molecule has 0 radical (unpaired) electrons. The van der Waals surface area contributed by atoms with E-state index in [-0.39, 0.29) is 0 Å². The molecule has 2 fully saturated rings. The van der Waals surface area contributed by atoms with Gasteiger partial charge in [0, 0.05) is 19.5 Å². The lowest BCUT2D eigenvalue weighted by atomic mass is 9.84. The van der Waals surface area contributed by atoms with Crippen LogP contribution in [-0.4, -0.2) is 74.1 Å². The molecule has 0 aromatic heterocycles. The van der Waals surface area contributed by atoms with E-state index < -0.39 is 5.60 Å². The van der Waals surface area contributed by atoms with E-state index in [1.54, 1.807) is 0 Å². The van der Waals surface area contributed by atoms with E-state index >= 15 is 0 Å². The highest BCUT2D eigenvalue weighted by molar-refractivity contribution is 5.80. The van der Waals surface area contributed by atoms with E-state index in [0.717, 1.165) is 62.3 Å². The summed E-state index contributed by atoms with van der Waals surface area (Å²) in [6.07, 6.45) is 14.8. The van der Waals surface area contributed by atoms with Gasteiger partial charge in [-0.2, -0.15) is 0 Å². The molecule has 2 heterocycles. The molecule has 3 aliphatic rings. The first kappa shape index (κ1) is 24.2. The van der Waals surface area contributed by atoms with Gasteiger partial charge in [0.15, 0.2) is 11.9 Å². The van der Waals surface area contributed by atoms with E-state index in [2.05, 4.69) is 39.4 Å². The molecule has 2 aliphatic heterocycles. The zero-order chi connectivity index (χ0) is 22.8. The van der Waals surface area contributed by atoms with Gasteiger partial charge in [-0.1, -0.05) is 49.2 Å². The molecule has 0 saturated carbocycles. The van der Waals surface area contributed by atoms with E-state index in [1.807, 2.05) is 18.2 Å². The van der Waals surface area contributed by atoms with E-state index in [9.17, 15) is 4.79 Å². The molecule has 1 atom stereocenters. The normalized spacial score (nSPS) is 24.7. The van der Waals surface area contributed by atoms with Gasteiger partial charge in [-0.25, -0.2) is 0 Å². The lowest BCUT2D eigenvalue weighted by Gasteiger charge is -2.36. The van der Waals surface area contributed by atoms with Crippen LogP contribution in [0, 0.1) is 0 Å². The Morgan fingerprint density at radius 1 is 0.879 bits per heavy atom. The monoisotopic (exact) mass is 451 g/mol. The van der Waals surface area contributed by atoms with Crippen LogP contribution in [0.1, 0.15) is 56.9 Å². The van der Waals surface area contributed by atoms with Crippen LogP contribution in [0.5, 0.6) is 0 Å². The van der Waals surface area contributed by atoms with Crippen molar-refractivity contribution < 1.29 is 9.53 Å². The van der Waals surface area contributed by atoms with Gasteiger partial charge in [-0.3, -0.25) is 4.79 Å². The second-order valence-corrected chi connectivity index (χ2v) is 9.76. The standard InChI is InChI=1S/C28H41N3O2/c32-24-28(33-22-21-31-18-8-3-9-19-31)23-26(25-11-4-1-5-12-25)13-14-27(28)29-15-10-20-30-16-6-2-7-17-30/h1,4-5,11-14,24,29H,2-3,6-10,15-23H2. The number of benzene rings is 1. The van der Waals surface area contributed by atoms with Crippen LogP contribution in [0.4, 0.5) is 0 Å². The van der Waals surface area contributed by atoms with Gasteiger partial charge in [0.2, 0.25) is 0 Å². The van der Waals surface area contributed by atoms with Gasteiger partial charge in [0.1, 0.15) is 0 Å². The fourth-order valence-corrected chi connectivity index (χ4v) is 5.34. The molecule has 1 N–H and O–H groups in total. The van der Waals surface area contributed by atoms with Crippen LogP contribution < -0.4 is 5.32 Å². The maximum Gasteiger partial charge on any atom is 0.166 e. The number of allylic oxidation sites excluding steroid dienone is 2. The molecule has 33 heavy (non-hydrogen) atoms. The molecule has 1 unspecified atom stereocenters. The highest BCUT2D eigenvalue weighted by atomic mass is 16.5. The van der Waals surface area contributed by atoms with Gasteiger partial charge in [-0.05, 0) is 82.0 Å². The molecule has 0 amide bonds. The number of nitrogens with zero attached hydrogens (tertiary/aromatic N) is 2. The summed E-state index contributed by atoms with van der Waals surface area (Å²) in [5.41, 5.74) is 2.29. The molecule has 1 aromatic carbocycles. The Kier molecular flexibility index (Phi) is 9.16. The van der Waals surface area contributed by atoms with Gasteiger partial charge >= 0.3 is 0 Å². The van der Waals surface area contributed by atoms with Crippen LogP contribution in [0.3, 0.4) is 0 Å². The van der Waals surface area contributed by atoms with Crippen molar-refractivity contribution in [3.8, 4) is 0 Å². The van der Waals surface area contributed by atoms with Crippen molar-refractivity contribution in [1.29, 1.82) is 0 Å². The largest absolute Gasteiger partial charge is 0.386 e. The molecule has 1 aliphatic carbocycles. The average molecular weight is 452 g/mol. The number of aldehydes is 1. The van der Waals surface area contributed by atoms with Crippen molar-refractivity contribution in [1.82, 2.24) is 15.1 Å². The van der Waals surface area contributed by atoms with Crippen molar-refractivity contribution >= 4 is 11.9 Å². The van der Waals surface area contributed by atoms with Crippen molar-refractivity contribution in [3.63, 3.8) is 0 Å². The second kappa shape index (κ2) is 12.5. The summed E-state index contributed by atoms with van der Waals surface area (Å²) >= 11 is 0. The van der Waals surface area contributed by atoms with E-state index in [4.69, 9.17) is 4.74 Å².